The Morgan fingerprint density at radius 2 is 1.20 bits per heavy atom. The summed E-state index contributed by atoms with van der Waals surface area (Å²) in [5, 5.41) is 14.2. The van der Waals surface area contributed by atoms with Crippen LogP contribution >= 0.6 is 0 Å². The number of aromatic amines is 1. The normalized spacial score (nSPS) is 11.7. The van der Waals surface area contributed by atoms with E-state index in [-0.39, 0.29) is 5.82 Å². The molecule has 7 rings (SSSR count). The van der Waals surface area contributed by atoms with Crippen LogP contribution in [0.15, 0.2) is 128 Å². The first-order valence-corrected chi connectivity index (χ1v) is 12.9. The van der Waals surface area contributed by atoms with E-state index in [9.17, 15) is 9.90 Å². The van der Waals surface area contributed by atoms with Crippen LogP contribution in [0.2, 0.25) is 0 Å². The Labute approximate surface area is 229 Å². The molecule has 0 aliphatic rings. The molecule has 7 aromatic rings. The number of hydrogen-bond donors (Lipinski definition) is 2. The number of carboxylic acid groups (broad SMARTS) is 1. The average molecular weight is 522 g/mol. The number of benzene rings is 4. The molecule has 40 heavy (non-hydrogen) atoms. The van der Waals surface area contributed by atoms with Gasteiger partial charge in [-0.15, -0.1) is 0 Å². The highest BCUT2D eigenvalue weighted by Gasteiger charge is 2.40. The molecule has 4 aromatic carbocycles. The van der Waals surface area contributed by atoms with E-state index >= 15 is 0 Å². The van der Waals surface area contributed by atoms with Gasteiger partial charge in [0.25, 0.3) is 0 Å². The van der Waals surface area contributed by atoms with Crippen LogP contribution in [0, 0.1) is 0 Å². The lowest BCUT2D eigenvalue weighted by Crippen LogP contribution is -2.38. The highest BCUT2D eigenvalue weighted by Crippen LogP contribution is 2.44. The lowest BCUT2D eigenvalue weighted by molar-refractivity contribution is 0.0685. The zero-order valence-electron chi connectivity index (χ0n) is 21.3. The first kappa shape index (κ1) is 23.5. The second-order valence-electron chi connectivity index (χ2n) is 9.58. The lowest BCUT2D eigenvalue weighted by atomic mass is 9.77. The van der Waals surface area contributed by atoms with Crippen molar-refractivity contribution >= 4 is 27.9 Å². The molecule has 0 saturated heterocycles. The van der Waals surface area contributed by atoms with Crippen LogP contribution in [0.1, 0.15) is 27.3 Å². The van der Waals surface area contributed by atoms with Gasteiger partial charge in [0.05, 0.1) is 22.2 Å². The first-order chi connectivity index (χ1) is 19.7. The minimum absolute atomic E-state index is 0.218. The number of fused-ring (bicyclic) bond motifs is 2. The molecule has 0 amide bonds. The molecule has 0 aliphatic carbocycles. The van der Waals surface area contributed by atoms with Gasteiger partial charge in [-0.3, -0.25) is 14.8 Å². The minimum Gasteiger partial charge on any atom is -0.475 e. The van der Waals surface area contributed by atoms with E-state index in [1.807, 2.05) is 78.9 Å². The van der Waals surface area contributed by atoms with Crippen molar-refractivity contribution in [3.8, 4) is 11.3 Å². The smallest absolute Gasteiger partial charge is 0.373 e. The summed E-state index contributed by atoms with van der Waals surface area (Å²) >= 11 is 0. The molecule has 0 saturated carbocycles. The van der Waals surface area contributed by atoms with Crippen LogP contribution in [0.4, 0.5) is 0 Å². The molecular weight excluding hydrogens is 498 g/mol. The summed E-state index contributed by atoms with van der Waals surface area (Å²) in [6, 6.07) is 38.9. The van der Waals surface area contributed by atoms with Gasteiger partial charge in [-0.05, 0) is 41.0 Å². The van der Waals surface area contributed by atoms with E-state index in [1.165, 1.54) is 0 Å². The van der Waals surface area contributed by atoms with Gasteiger partial charge in [-0.1, -0.05) is 91.0 Å². The van der Waals surface area contributed by atoms with Gasteiger partial charge in [0, 0.05) is 23.3 Å². The minimum atomic E-state index is -1.16. The predicted molar refractivity (Wildman–Crippen MR) is 154 cm³/mol. The number of imidazole rings is 1. The largest absolute Gasteiger partial charge is 0.475 e. The molecule has 0 unspecified atom stereocenters. The van der Waals surface area contributed by atoms with Crippen molar-refractivity contribution in [3.63, 3.8) is 0 Å². The number of nitrogens with zero attached hydrogens (tertiary/aromatic N) is 4. The summed E-state index contributed by atoms with van der Waals surface area (Å²) in [5.41, 5.74) is 6.07. The molecule has 0 spiro atoms. The number of aromatic nitrogens is 5. The fourth-order valence-corrected chi connectivity index (χ4v) is 5.64. The molecule has 7 heteroatoms. The number of carbonyl (C=O) groups is 1. The molecule has 2 N–H and O–H groups in total. The summed E-state index contributed by atoms with van der Waals surface area (Å²) in [5.74, 6) is -1.37. The fraction of sp³-hybridized carbons (Fsp3) is 0.0303. The zero-order chi connectivity index (χ0) is 27.1. The second-order valence-corrected chi connectivity index (χ2v) is 9.58. The zero-order valence-corrected chi connectivity index (χ0v) is 21.3. The molecule has 0 bridgehead atoms. The SMILES string of the molecule is O=C(O)c1nc2cc3c(-c4ccncc4)[nH]n(C(c4ccccc4)(c4ccccc4)c4ccccc4)c3cc2n1. The van der Waals surface area contributed by atoms with Gasteiger partial charge in [-0.25, -0.2) is 14.8 Å². The van der Waals surface area contributed by atoms with Gasteiger partial charge in [0.15, 0.2) is 0 Å². The monoisotopic (exact) mass is 521 g/mol. The summed E-state index contributed by atoms with van der Waals surface area (Å²) in [6.07, 6.45) is 3.52. The summed E-state index contributed by atoms with van der Waals surface area (Å²) in [6.45, 7) is 0. The lowest BCUT2D eigenvalue weighted by Gasteiger charge is -2.37. The number of hydrogen-bond acceptors (Lipinski definition) is 4. The highest BCUT2D eigenvalue weighted by molar-refractivity contribution is 6.02. The third kappa shape index (κ3) is 3.60. The Bertz CT molecular complexity index is 1870. The third-order valence-electron chi connectivity index (χ3n) is 7.35. The van der Waals surface area contributed by atoms with Gasteiger partial charge in [0.1, 0.15) is 5.54 Å². The molecule has 0 radical (unpaired) electrons. The number of pyridine rings is 1. The van der Waals surface area contributed by atoms with Crippen LogP contribution in [0.3, 0.4) is 0 Å². The number of H-pyrrole nitrogens is 1. The van der Waals surface area contributed by atoms with E-state index in [4.69, 9.17) is 0 Å². The van der Waals surface area contributed by atoms with Crippen LogP contribution < -0.4 is 0 Å². The molecule has 0 aliphatic heterocycles. The van der Waals surface area contributed by atoms with Crippen LogP contribution in [-0.4, -0.2) is 35.8 Å². The maximum absolute atomic E-state index is 11.7. The van der Waals surface area contributed by atoms with Crippen LogP contribution in [-0.2, 0) is 5.54 Å². The van der Waals surface area contributed by atoms with E-state index in [1.54, 1.807) is 12.4 Å². The average Bonchev–Trinajstić information content (AvgIpc) is 3.60. The van der Waals surface area contributed by atoms with Crippen molar-refractivity contribution in [3.05, 3.63) is 150 Å². The van der Waals surface area contributed by atoms with Crippen molar-refractivity contribution in [2.24, 2.45) is 0 Å². The first-order valence-electron chi connectivity index (χ1n) is 12.9. The fourth-order valence-electron chi connectivity index (χ4n) is 5.64. The van der Waals surface area contributed by atoms with Crippen molar-refractivity contribution in [1.82, 2.24) is 24.7 Å². The number of nitrogens with one attached hydrogen (secondary N) is 1. The van der Waals surface area contributed by atoms with Crippen LogP contribution in [0.25, 0.3) is 33.2 Å². The van der Waals surface area contributed by atoms with Gasteiger partial charge < -0.3 is 5.11 Å². The molecule has 3 aromatic heterocycles. The van der Waals surface area contributed by atoms with Crippen molar-refractivity contribution in [2.75, 3.05) is 0 Å². The maximum Gasteiger partial charge on any atom is 0.373 e. The standard InChI is InChI=1S/C33H23N5O2/c39-32(40)31-35-27-20-26-29(21-28(27)36-31)38(37-30(26)22-16-18-34-19-17-22)33(23-10-4-1-5-11-23,24-12-6-2-7-13-24)25-14-8-3-9-15-25/h1-21,37H,(H,39,40). The van der Waals surface area contributed by atoms with Gasteiger partial charge in [-0.2, -0.15) is 0 Å². The predicted octanol–water partition coefficient (Wildman–Crippen LogP) is 6.51. The Balaban J connectivity index is 1.68. The quantitative estimate of drug-likeness (QED) is 0.243. The molecule has 0 fully saturated rings. The van der Waals surface area contributed by atoms with Gasteiger partial charge >= 0.3 is 5.97 Å². The summed E-state index contributed by atoms with van der Waals surface area (Å²) < 4.78 is 2.17. The van der Waals surface area contributed by atoms with E-state index < -0.39 is 11.5 Å². The molecule has 192 valence electrons. The highest BCUT2D eigenvalue weighted by atomic mass is 16.4. The molecule has 7 nitrogen and oxygen atoms in total. The Kier molecular flexibility index (Phi) is 5.49. The van der Waals surface area contributed by atoms with Crippen molar-refractivity contribution in [1.29, 1.82) is 0 Å². The second kappa shape index (κ2) is 9.32. The molecule has 3 heterocycles. The van der Waals surface area contributed by atoms with Crippen LogP contribution in [0.5, 0.6) is 0 Å². The number of rotatable bonds is 6. The maximum atomic E-state index is 11.7. The Morgan fingerprint density at radius 1 is 0.700 bits per heavy atom. The molecular formula is C33H23N5O2. The Morgan fingerprint density at radius 3 is 1.70 bits per heavy atom. The van der Waals surface area contributed by atoms with Gasteiger partial charge in [0.2, 0.25) is 5.82 Å². The van der Waals surface area contributed by atoms with E-state index in [0.29, 0.717) is 11.0 Å². The van der Waals surface area contributed by atoms with E-state index in [2.05, 4.69) is 61.1 Å². The van der Waals surface area contributed by atoms with Crippen molar-refractivity contribution < 1.29 is 9.90 Å². The summed E-state index contributed by atoms with van der Waals surface area (Å²) in [7, 11) is 0. The topological polar surface area (TPSA) is 96.7 Å². The summed E-state index contributed by atoms with van der Waals surface area (Å²) in [4.78, 5) is 24.6. The number of carboxylic acids is 1. The van der Waals surface area contributed by atoms with Crippen molar-refractivity contribution in [2.45, 2.75) is 5.54 Å². The number of aromatic carboxylic acids is 1. The van der Waals surface area contributed by atoms with E-state index in [0.717, 1.165) is 38.9 Å². The Hall–Kier alpha value is -5.56. The third-order valence-corrected chi connectivity index (χ3v) is 7.35. The molecule has 0 atom stereocenters.